The first-order valence-electron chi connectivity index (χ1n) is 5.93. The Morgan fingerprint density at radius 2 is 1.75 bits per heavy atom. The first-order valence-corrected chi connectivity index (χ1v) is 9.26. The highest BCUT2D eigenvalue weighted by molar-refractivity contribution is 7.90. The van der Waals surface area contributed by atoms with Gasteiger partial charge in [-0.05, 0) is 18.2 Å². The number of halogens is 1. The number of sulfonamides is 1. The van der Waals surface area contributed by atoms with Crippen LogP contribution >= 0.6 is 0 Å². The van der Waals surface area contributed by atoms with Crippen LogP contribution in [0.5, 0.6) is 0 Å². The average Bonchev–Trinajstić information content (AvgIpc) is 2.38. The highest BCUT2D eigenvalue weighted by Crippen LogP contribution is 2.21. The van der Waals surface area contributed by atoms with Gasteiger partial charge in [-0.3, -0.25) is 0 Å². The first kappa shape index (κ1) is 15.4. The fourth-order valence-corrected chi connectivity index (χ4v) is 4.16. The Labute approximate surface area is 117 Å². The van der Waals surface area contributed by atoms with Crippen molar-refractivity contribution in [2.45, 2.75) is 9.79 Å². The molecule has 2 rings (SSSR count). The molecule has 0 atom stereocenters. The minimum absolute atomic E-state index is 0.232. The van der Waals surface area contributed by atoms with Gasteiger partial charge in [0.15, 0.2) is 9.84 Å². The van der Waals surface area contributed by atoms with Gasteiger partial charge in [0.25, 0.3) is 0 Å². The second-order valence-electron chi connectivity index (χ2n) is 4.52. The Kier molecular flexibility index (Phi) is 4.14. The Morgan fingerprint density at radius 1 is 1.15 bits per heavy atom. The molecule has 1 aromatic carbocycles. The number of nitrogens with one attached hydrogen (secondary N) is 1. The summed E-state index contributed by atoms with van der Waals surface area (Å²) in [6.45, 7) is 1.67. The van der Waals surface area contributed by atoms with Crippen molar-refractivity contribution in [2.24, 2.45) is 0 Å². The monoisotopic (exact) mass is 322 g/mol. The maximum absolute atomic E-state index is 13.8. The van der Waals surface area contributed by atoms with Crippen LogP contribution in [0.2, 0.25) is 0 Å². The molecular weight excluding hydrogens is 307 g/mol. The van der Waals surface area contributed by atoms with Crippen LogP contribution in [0.3, 0.4) is 0 Å². The third-order valence-corrected chi connectivity index (χ3v) is 6.04. The van der Waals surface area contributed by atoms with E-state index in [9.17, 15) is 21.2 Å². The number of piperazine rings is 1. The minimum atomic E-state index is -3.79. The van der Waals surface area contributed by atoms with E-state index in [1.165, 1.54) is 4.31 Å². The Balaban J connectivity index is 2.41. The molecule has 0 amide bonds. The van der Waals surface area contributed by atoms with Gasteiger partial charge in [0.2, 0.25) is 10.0 Å². The van der Waals surface area contributed by atoms with E-state index in [-0.39, 0.29) is 4.90 Å². The zero-order valence-electron chi connectivity index (χ0n) is 10.8. The second kappa shape index (κ2) is 5.40. The van der Waals surface area contributed by atoms with Crippen molar-refractivity contribution in [2.75, 3.05) is 32.4 Å². The van der Waals surface area contributed by atoms with Crippen molar-refractivity contribution in [1.29, 1.82) is 0 Å². The van der Waals surface area contributed by atoms with Crippen LogP contribution in [-0.4, -0.2) is 53.6 Å². The van der Waals surface area contributed by atoms with Gasteiger partial charge in [-0.2, -0.15) is 4.31 Å². The Hall–Kier alpha value is -1.03. The third kappa shape index (κ3) is 3.00. The molecule has 0 aromatic heterocycles. The van der Waals surface area contributed by atoms with Crippen LogP contribution < -0.4 is 5.32 Å². The molecular formula is C11H15FN2O4S2. The van der Waals surface area contributed by atoms with Crippen LogP contribution in [0, 0.1) is 5.82 Å². The van der Waals surface area contributed by atoms with Crippen molar-refractivity contribution >= 4 is 19.9 Å². The fraction of sp³-hybridized carbons (Fsp3) is 0.455. The van der Waals surface area contributed by atoms with Crippen molar-refractivity contribution in [3.05, 3.63) is 24.0 Å². The Morgan fingerprint density at radius 3 is 2.25 bits per heavy atom. The summed E-state index contributed by atoms with van der Waals surface area (Å²) in [5, 5.41) is 3.02. The van der Waals surface area contributed by atoms with Gasteiger partial charge in [0.1, 0.15) is 10.7 Å². The SMILES string of the molecule is CS(=O)(=O)c1ccc(S(=O)(=O)N2CCNCC2)cc1F. The summed E-state index contributed by atoms with van der Waals surface area (Å²) < 4.78 is 62.2. The van der Waals surface area contributed by atoms with Crippen LogP contribution in [0.1, 0.15) is 0 Å². The number of hydrogen-bond acceptors (Lipinski definition) is 5. The van der Waals surface area contributed by atoms with Gasteiger partial charge in [-0.1, -0.05) is 0 Å². The highest BCUT2D eigenvalue weighted by Gasteiger charge is 2.27. The standard InChI is InChI=1S/C11H15FN2O4S2/c1-19(15,16)11-3-2-9(8-10(11)12)20(17,18)14-6-4-13-5-7-14/h2-3,8,13H,4-7H2,1H3. The zero-order chi connectivity index (χ0) is 15.0. The number of hydrogen-bond donors (Lipinski definition) is 1. The van der Waals surface area contributed by atoms with E-state index in [4.69, 9.17) is 0 Å². The molecule has 1 N–H and O–H groups in total. The van der Waals surface area contributed by atoms with E-state index < -0.39 is 30.6 Å². The molecule has 1 aliphatic rings. The molecule has 0 spiro atoms. The van der Waals surface area contributed by atoms with Gasteiger partial charge in [-0.15, -0.1) is 0 Å². The average molecular weight is 322 g/mol. The summed E-state index contributed by atoms with van der Waals surface area (Å²) in [6.07, 6.45) is 0.871. The molecule has 20 heavy (non-hydrogen) atoms. The Bertz CT molecular complexity index is 710. The molecule has 1 saturated heterocycles. The first-order chi connectivity index (χ1) is 9.23. The van der Waals surface area contributed by atoms with Crippen LogP contribution in [-0.2, 0) is 19.9 Å². The van der Waals surface area contributed by atoms with Crippen LogP contribution in [0.15, 0.2) is 28.0 Å². The van der Waals surface area contributed by atoms with Crippen molar-refractivity contribution in [3.8, 4) is 0 Å². The van der Waals surface area contributed by atoms with E-state index in [1.807, 2.05) is 0 Å². The largest absolute Gasteiger partial charge is 0.314 e. The van der Waals surface area contributed by atoms with Gasteiger partial charge in [0.05, 0.1) is 4.90 Å². The van der Waals surface area contributed by atoms with Crippen molar-refractivity contribution in [1.82, 2.24) is 9.62 Å². The highest BCUT2D eigenvalue weighted by atomic mass is 32.2. The summed E-state index contributed by atoms with van der Waals surface area (Å²) in [7, 11) is -7.50. The molecule has 112 valence electrons. The van der Waals surface area contributed by atoms with Crippen molar-refractivity contribution in [3.63, 3.8) is 0 Å². The molecule has 0 aliphatic carbocycles. The number of rotatable bonds is 3. The third-order valence-electron chi connectivity index (χ3n) is 3.02. The lowest BCUT2D eigenvalue weighted by Crippen LogP contribution is -2.46. The molecule has 1 fully saturated rings. The normalized spacial score (nSPS) is 18.1. The molecule has 1 aromatic rings. The topological polar surface area (TPSA) is 83.5 Å². The number of nitrogens with zero attached hydrogens (tertiary/aromatic N) is 1. The van der Waals surface area contributed by atoms with Crippen molar-refractivity contribution < 1.29 is 21.2 Å². The van der Waals surface area contributed by atoms with E-state index in [0.717, 1.165) is 24.5 Å². The lowest BCUT2D eigenvalue weighted by atomic mass is 10.3. The molecule has 0 radical (unpaired) electrons. The van der Waals surface area contributed by atoms with E-state index in [1.54, 1.807) is 0 Å². The summed E-state index contributed by atoms with van der Waals surface area (Å²) in [6, 6.07) is 2.87. The van der Waals surface area contributed by atoms with E-state index in [2.05, 4.69) is 5.32 Å². The molecule has 0 bridgehead atoms. The number of sulfone groups is 1. The van der Waals surface area contributed by atoms with Gasteiger partial charge < -0.3 is 5.32 Å². The minimum Gasteiger partial charge on any atom is -0.314 e. The second-order valence-corrected chi connectivity index (χ2v) is 8.44. The molecule has 6 nitrogen and oxygen atoms in total. The van der Waals surface area contributed by atoms with E-state index in [0.29, 0.717) is 26.2 Å². The smallest absolute Gasteiger partial charge is 0.243 e. The van der Waals surface area contributed by atoms with Gasteiger partial charge in [0, 0.05) is 32.4 Å². The van der Waals surface area contributed by atoms with Gasteiger partial charge >= 0.3 is 0 Å². The molecule has 0 unspecified atom stereocenters. The summed E-state index contributed by atoms with van der Waals surface area (Å²) in [5.41, 5.74) is 0. The number of benzene rings is 1. The predicted molar refractivity (Wildman–Crippen MR) is 71.1 cm³/mol. The summed E-state index contributed by atoms with van der Waals surface area (Å²) in [4.78, 5) is -0.735. The lowest BCUT2D eigenvalue weighted by molar-refractivity contribution is 0.360. The lowest BCUT2D eigenvalue weighted by Gasteiger charge is -2.26. The van der Waals surface area contributed by atoms with Gasteiger partial charge in [-0.25, -0.2) is 21.2 Å². The molecule has 1 heterocycles. The summed E-state index contributed by atoms with van der Waals surface area (Å²) >= 11 is 0. The van der Waals surface area contributed by atoms with E-state index >= 15 is 0 Å². The fourth-order valence-electron chi connectivity index (χ4n) is 1.98. The molecule has 9 heteroatoms. The van der Waals surface area contributed by atoms with Crippen LogP contribution in [0.4, 0.5) is 4.39 Å². The zero-order valence-corrected chi connectivity index (χ0v) is 12.5. The predicted octanol–water partition coefficient (Wildman–Crippen LogP) is -0.177. The quantitative estimate of drug-likeness (QED) is 0.835. The molecule has 1 aliphatic heterocycles. The van der Waals surface area contributed by atoms with Crippen LogP contribution in [0.25, 0.3) is 0 Å². The summed E-state index contributed by atoms with van der Waals surface area (Å²) in [5.74, 6) is -1.05. The maximum Gasteiger partial charge on any atom is 0.243 e. The molecule has 0 saturated carbocycles. The maximum atomic E-state index is 13.8.